The van der Waals surface area contributed by atoms with Gasteiger partial charge >= 0.3 is 0 Å². The maximum Gasteiger partial charge on any atom is 0.237 e. The van der Waals surface area contributed by atoms with E-state index in [1.807, 2.05) is 13.1 Å². The van der Waals surface area contributed by atoms with Crippen LogP contribution in [0, 0.1) is 0 Å². The molecule has 1 aromatic rings. The number of nitrogens with one attached hydrogen (secondary N) is 1. The van der Waals surface area contributed by atoms with E-state index in [1.165, 1.54) is 11.8 Å². The van der Waals surface area contributed by atoms with Gasteiger partial charge in [0.15, 0.2) is 0 Å². The summed E-state index contributed by atoms with van der Waals surface area (Å²) in [6.45, 7) is 0.837. The maximum absolute atomic E-state index is 11.4. The Morgan fingerprint density at radius 2 is 2.46 bits per heavy atom. The summed E-state index contributed by atoms with van der Waals surface area (Å²) in [6.07, 6.45) is 1.63. The largest absolute Gasteiger partial charge is 0.319 e. The first-order chi connectivity index (χ1) is 6.34. The van der Waals surface area contributed by atoms with Gasteiger partial charge in [-0.25, -0.2) is 0 Å². The summed E-state index contributed by atoms with van der Waals surface area (Å²) in [7, 11) is 1.87. The van der Waals surface area contributed by atoms with Gasteiger partial charge < -0.3 is 5.32 Å². The highest BCUT2D eigenvalue weighted by molar-refractivity contribution is 8.14. The Morgan fingerprint density at radius 1 is 1.62 bits per heavy atom. The van der Waals surface area contributed by atoms with Crippen LogP contribution in [0.4, 0.5) is 0 Å². The lowest BCUT2D eigenvalue weighted by Crippen LogP contribution is -2.11. The van der Waals surface area contributed by atoms with Crippen LogP contribution >= 0.6 is 11.8 Å². The van der Waals surface area contributed by atoms with Gasteiger partial charge in [0.1, 0.15) is 5.69 Å². The first kappa shape index (κ1) is 10.2. The highest BCUT2D eigenvalue weighted by Gasteiger charge is 2.05. The van der Waals surface area contributed by atoms with Gasteiger partial charge in [-0.1, -0.05) is 17.8 Å². The molecule has 3 nitrogen and oxygen atoms in total. The molecule has 0 saturated carbocycles. The normalized spacial score (nSPS) is 9.92. The van der Waals surface area contributed by atoms with E-state index in [0.29, 0.717) is 5.69 Å². The molecule has 13 heavy (non-hydrogen) atoms. The molecule has 0 spiro atoms. The van der Waals surface area contributed by atoms with Crippen molar-refractivity contribution in [2.75, 3.05) is 19.3 Å². The molecule has 0 aliphatic heterocycles. The molecule has 70 valence electrons. The van der Waals surface area contributed by atoms with E-state index in [9.17, 15) is 4.79 Å². The number of hydrogen-bond donors (Lipinski definition) is 1. The monoisotopic (exact) mass is 196 g/mol. The smallest absolute Gasteiger partial charge is 0.237 e. The zero-order valence-electron chi connectivity index (χ0n) is 7.49. The van der Waals surface area contributed by atoms with Gasteiger partial charge in [0, 0.05) is 18.5 Å². The fourth-order valence-corrected chi connectivity index (χ4v) is 1.56. The second kappa shape index (κ2) is 5.72. The minimum absolute atomic E-state index is 0.0378. The van der Waals surface area contributed by atoms with Gasteiger partial charge in [-0.2, -0.15) is 0 Å². The second-order valence-corrected chi connectivity index (χ2v) is 3.52. The molecule has 0 bridgehead atoms. The molecule has 0 saturated heterocycles. The summed E-state index contributed by atoms with van der Waals surface area (Å²) in [6, 6.07) is 5.35. The highest BCUT2D eigenvalue weighted by Crippen LogP contribution is 2.08. The van der Waals surface area contributed by atoms with Gasteiger partial charge in [-0.15, -0.1) is 0 Å². The van der Waals surface area contributed by atoms with E-state index >= 15 is 0 Å². The third-order valence-corrected chi connectivity index (χ3v) is 2.34. The Bertz CT molecular complexity index is 264. The van der Waals surface area contributed by atoms with Crippen LogP contribution in [0.15, 0.2) is 24.4 Å². The predicted molar refractivity (Wildman–Crippen MR) is 55.0 cm³/mol. The predicted octanol–water partition coefficient (Wildman–Crippen LogP) is 1.17. The fraction of sp³-hybridized carbons (Fsp3) is 0.333. The number of hydrogen-bond acceptors (Lipinski definition) is 4. The summed E-state index contributed by atoms with van der Waals surface area (Å²) in [5.41, 5.74) is 0.531. The van der Waals surface area contributed by atoms with Gasteiger partial charge in [0.05, 0.1) is 0 Å². The SMILES string of the molecule is CNCCSC(=O)c1ccccn1. The Kier molecular flexibility index (Phi) is 4.49. The first-order valence-electron chi connectivity index (χ1n) is 4.07. The molecule has 1 N–H and O–H groups in total. The van der Waals surface area contributed by atoms with Crippen LogP contribution in [0.1, 0.15) is 10.5 Å². The molecule has 0 radical (unpaired) electrons. The minimum atomic E-state index is 0.0378. The van der Waals surface area contributed by atoms with Crippen molar-refractivity contribution < 1.29 is 4.79 Å². The van der Waals surface area contributed by atoms with E-state index in [1.54, 1.807) is 18.3 Å². The summed E-state index contributed by atoms with van der Waals surface area (Å²) in [5, 5.41) is 3.02. The number of aromatic nitrogens is 1. The van der Waals surface area contributed by atoms with Crippen molar-refractivity contribution in [3.8, 4) is 0 Å². The molecule has 0 unspecified atom stereocenters. The van der Waals surface area contributed by atoms with Crippen LogP contribution in [0.2, 0.25) is 0 Å². The molecule has 0 amide bonds. The number of thioether (sulfide) groups is 1. The van der Waals surface area contributed by atoms with E-state index in [4.69, 9.17) is 0 Å². The van der Waals surface area contributed by atoms with Crippen molar-refractivity contribution in [2.45, 2.75) is 0 Å². The van der Waals surface area contributed by atoms with E-state index in [2.05, 4.69) is 10.3 Å². The summed E-state index contributed by atoms with van der Waals surface area (Å²) >= 11 is 1.29. The Labute approximate surface area is 81.9 Å². The van der Waals surface area contributed by atoms with Crippen LogP contribution in [0.25, 0.3) is 0 Å². The van der Waals surface area contributed by atoms with Crippen LogP contribution in [0.5, 0.6) is 0 Å². The number of carbonyl (C=O) groups is 1. The Balaban J connectivity index is 2.40. The minimum Gasteiger partial charge on any atom is -0.319 e. The highest BCUT2D eigenvalue weighted by atomic mass is 32.2. The van der Waals surface area contributed by atoms with Gasteiger partial charge in [0.2, 0.25) is 5.12 Å². The fourth-order valence-electron chi connectivity index (χ4n) is 0.803. The number of nitrogens with zero attached hydrogens (tertiary/aromatic N) is 1. The third kappa shape index (κ3) is 3.57. The van der Waals surface area contributed by atoms with Gasteiger partial charge in [0.25, 0.3) is 0 Å². The van der Waals surface area contributed by atoms with Crippen molar-refractivity contribution >= 4 is 16.9 Å². The average Bonchev–Trinajstić information content (AvgIpc) is 2.19. The van der Waals surface area contributed by atoms with Gasteiger partial charge in [-0.3, -0.25) is 9.78 Å². The molecule has 1 rings (SSSR count). The van der Waals surface area contributed by atoms with Crippen molar-refractivity contribution in [3.63, 3.8) is 0 Å². The molecule has 0 fully saturated rings. The van der Waals surface area contributed by atoms with Crippen LogP contribution in [0.3, 0.4) is 0 Å². The van der Waals surface area contributed by atoms with E-state index in [-0.39, 0.29) is 5.12 Å². The maximum atomic E-state index is 11.4. The molecular weight excluding hydrogens is 184 g/mol. The quantitative estimate of drug-likeness (QED) is 0.734. The van der Waals surface area contributed by atoms with Gasteiger partial charge in [-0.05, 0) is 19.2 Å². The van der Waals surface area contributed by atoms with E-state index in [0.717, 1.165) is 12.3 Å². The molecular formula is C9H12N2OS. The Morgan fingerprint density at radius 3 is 3.08 bits per heavy atom. The van der Waals surface area contributed by atoms with E-state index < -0.39 is 0 Å². The van der Waals surface area contributed by atoms with Crippen LogP contribution in [-0.2, 0) is 0 Å². The first-order valence-corrected chi connectivity index (χ1v) is 5.06. The molecule has 0 aromatic carbocycles. The molecule has 0 aliphatic rings. The molecule has 0 atom stereocenters. The zero-order chi connectivity index (χ0) is 9.52. The van der Waals surface area contributed by atoms with Crippen LogP contribution in [-0.4, -0.2) is 29.4 Å². The number of rotatable bonds is 4. The van der Waals surface area contributed by atoms with Crippen molar-refractivity contribution in [1.82, 2.24) is 10.3 Å². The average molecular weight is 196 g/mol. The standard InChI is InChI=1S/C9H12N2OS/c1-10-6-7-13-9(12)8-4-2-3-5-11-8/h2-5,10H,6-7H2,1H3. The van der Waals surface area contributed by atoms with Crippen molar-refractivity contribution in [3.05, 3.63) is 30.1 Å². The van der Waals surface area contributed by atoms with Crippen molar-refractivity contribution in [2.24, 2.45) is 0 Å². The number of carbonyl (C=O) groups excluding carboxylic acids is 1. The lowest BCUT2D eigenvalue weighted by molar-refractivity contribution is 0.108. The molecule has 0 aliphatic carbocycles. The van der Waals surface area contributed by atoms with Crippen molar-refractivity contribution in [1.29, 1.82) is 0 Å². The Hall–Kier alpha value is -0.870. The summed E-state index contributed by atoms with van der Waals surface area (Å²) < 4.78 is 0. The third-order valence-electron chi connectivity index (χ3n) is 1.46. The second-order valence-electron chi connectivity index (χ2n) is 2.45. The summed E-state index contributed by atoms with van der Waals surface area (Å²) in [5.74, 6) is 0.784. The van der Waals surface area contributed by atoms with Crippen LogP contribution < -0.4 is 5.32 Å². The lowest BCUT2D eigenvalue weighted by atomic mass is 10.4. The lowest BCUT2D eigenvalue weighted by Gasteiger charge is -1.98. The summed E-state index contributed by atoms with van der Waals surface area (Å²) in [4.78, 5) is 15.4. The topological polar surface area (TPSA) is 42.0 Å². The zero-order valence-corrected chi connectivity index (χ0v) is 8.30. The molecule has 1 aromatic heterocycles. The molecule has 1 heterocycles. The number of pyridine rings is 1. The molecule has 4 heteroatoms.